The lowest BCUT2D eigenvalue weighted by Gasteiger charge is -2.15. The smallest absolute Gasteiger partial charge is 0.163 e. The van der Waals surface area contributed by atoms with Crippen LogP contribution in [0.1, 0.15) is 25.8 Å². The minimum atomic E-state index is 0.339. The van der Waals surface area contributed by atoms with Crippen LogP contribution < -0.4 is 15.4 Å². The molecule has 0 saturated carbocycles. The molecule has 1 atom stereocenters. The van der Waals surface area contributed by atoms with Gasteiger partial charge in [0.05, 0.1) is 7.11 Å². The minimum Gasteiger partial charge on any atom is -0.496 e. The average Bonchev–Trinajstić information content (AvgIpc) is 2.72. The Balaban J connectivity index is 1.87. The Labute approximate surface area is 160 Å². The predicted molar refractivity (Wildman–Crippen MR) is 111 cm³/mol. The average molecular weight is 362 g/mol. The molecule has 0 bridgehead atoms. The molecule has 5 heteroatoms. The fourth-order valence-electron chi connectivity index (χ4n) is 2.72. The van der Waals surface area contributed by atoms with Crippen molar-refractivity contribution in [1.82, 2.24) is 9.97 Å². The van der Waals surface area contributed by atoms with Crippen LogP contribution in [0.15, 0.2) is 60.7 Å². The SMILES string of the molecule is CCC(C)Nc1cc(NCc2ccccc2OC)nc(-c2ccccc2)n1. The highest BCUT2D eigenvalue weighted by Gasteiger charge is 2.09. The van der Waals surface area contributed by atoms with Crippen molar-refractivity contribution in [3.8, 4) is 17.1 Å². The Morgan fingerprint density at radius 2 is 1.67 bits per heavy atom. The Kier molecular flexibility index (Phi) is 6.26. The molecule has 2 N–H and O–H groups in total. The summed E-state index contributed by atoms with van der Waals surface area (Å²) in [6.45, 7) is 4.92. The third-order valence-corrected chi connectivity index (χ3v) is 4.42. The summed E-state index contributed by atoms with van der Waals surface area (Å²) in [6, 6.07) is 20.3. The number of nitrogens with zero attached hydrogens (tertiary/aromatic N) is 2. The van der Waals surface area contributed by atoms with Crippen molar-refractivity contribution in [2.24, 2.45) is 0 Å². The molecule has 5 nitrogen and oxygen atoms in total. The second-order valence-electron chi connectivity index (χ2n) is 6.45. The molecule has 0 aliphatic carbocycles. The molecule has 0 radical (unpaired) electrons. The molecule has 0 aliphatic rings. The first-order valence-electron chi connectivity index (χ1n) is 9.26. The van der Waals surface area contributed by atoms with Gasteiger partial charge in [0.15, 0.2) is 5.82 Å². The van der Waals surface area contributed by atoms with Gasteiger partial charge in [-0.25, -0.2) is 9.97 Å². The maximum atomic E-state index is 5.43. The number of hydrogen-bond acceptors (Lipinski definition) is 5. The normalized spacial score (nSPS) is 11.7. The summed E-state index contributed by atoms with van der Waals surface area (Å²) >= 11 is 0. The van der Waals surface area contributed by atoms with Crippen molar-refractivity contribution in [1.29, 1.82) is 0 Å². The number of ether oxygens (including phenoxy) is 1. The summed E-state index contributed by atoms with van der Waals surface area (Å²) in [6.07, 6.45) is 1.02. The highest BCUT2D eigenvalue weighted by Crippen LogP contribution is 2.23. The van der Waals surface area contributed by atoms with Gasteiger partial charge >= 0.3 is 0 Å². The number of nitrogens with one attached hydrogen (secondary N) is 2. The highest BCUT2D eigenvalue weighted by atomic mass is 16.5. The predicted octanol–water partition coefficient (Wildman–Crippen LogP) is 4.97. The lowest BCUT2D eigenvalue weighted by molar-refractivity contribution is 0.410. The van der Waals surface area contributed by atoms with E-state index in [1.807, 2.05) is 60.7 Å². The van der Waals surface area contributed by atoms with Gasteiger partial charge in [0.2, 0.25) is 0 Å². The molecule has 1 unspecified atom stereocenters. The van der Waals surface area contributed by atoms with E-state index in [-0.39, 0.29) is 0 Å². The van der Waals surface area contributed by atoms with E-state index in [9.17, 15) is 0 Å². The van der Waals surface area contributed by atoms with Gasteiger partial charge in [0.1, 0.15) is 17.4 Å². The molecule has 0 fully saturated rings. The number of anilines is 2. The fourth-order valence-corrected chi connectivity index (χ4v) is 2.72. The van der Waals surface area contributed by atoms with Gasteiger partial charge in [0, 0.05) is 29.8 Å². The molecule has 0 spiro atoms. The van der Waals surface area contributed by atoms with E-state index >= 15 is 0 Å². The molecule has 1 heterocycles. The monoisotopic (exact) mass is 362 g/mol. The van der Waals surface area contributed by atoms with Gasteiger partial charge in [-0.2, -0.15) is 0 Å². The molecule has 3 aromatic rings. The standard InChI is InChI=1S/C22H26N4O/c1-4-16(2)24-21-14-20(23-15-18-12-8-9-13-19(18)27-3)25-22(26-21)17-10-6-5-7-11-17/h5-14,16H,4,15H2,1-3H3,(H2,23,24,25,26). The van der Waals surface area contributed by atoms with E-state index in [0.29, 0.717) is 18.4 Å². The summed E-state index contributed by atoms with van der Waals surface area (Å²) in [5.41, 5.74) is 2.07. The number of benzene rings is 2. The van der Waals surface area contributed by atoms with Crippen LogP contribution in [0.2, 0.25) is 0 Å². The van der Waals surface area contributed by atoms with Crippen LogP contribution in [-0.4, -0.2) is 23.1 Å². The van der Waals surface area contributed by atoms with Gasteiger partial charge in [0.25, 0.3) is 0 Å². The minimum absolute atomic E-state index is 0.339. The zero-order valence-electron chi connectivity index (χ0n) is 16.1. The van der Waals surface area contributed by atoms with Crippen molar-refractivity contribution in [3.63, 3.8) is 0 Å². The number of rotatable bonds is 8. The molecule has 3 rings (SSSR count). The maximum Gasteiger partial charge on any atom is 0.163 e. The van der Waals surface area contributed by atoms with Crippen LogP contribution in [0.3, 0.4) is 0 Å². The van der Waals surface area contributed by atoms with Gasteiger partial charge in [-0.15, -0.1) is 0 Å². The Hall–Kier alpha value is -3.08. The molecule has 27 heavy (non-hydrogen) atoms. The highest BCUT2D eigenvalue weighted by molar-refractivity contribution is 5.61. The largest absolute Gasteiger partial charge is 0.496 e. The molecule has 0 aliphatic heterocycles. The second kappa shape index (κ2) is 9.03. The van der Waals surface area contributed by atoms with Crippen molar-refractivity contribution in [2.75, 3.05) is 17.7 Å². The van der Waals surface area contributed by atoms with Gasteiger partial charge < -0.3 is 15.4 Å². The molecular formula is C22H26N4O. The Morgan fingerprint density at radius 1 is 0.963 bits per heavy atom. The first-order chi connectivity index (χ1) is 13.2. The van der Waals surface area contributed by atoms with E-state index in [2.05, 4.69) is 24.5 Å². The first-order valence-corrected chi connectivity index (χ1v) is 9.26. The van der Waals surface area contributed by atoms with Crippen LogP contribution >= 0.6 is 0 Å². The van der Waals surface area contributed by atoms with Crippen molar-refractivity contribution >= 4 is 11.6 Å². The summed E-state index contributed by atoms with van der Waals surface area (Å²) in [7, 11) is 1.69. The lowest BCUT2D eigenvalue weighted by atomic mass is 10.2. The van der Waals surface area contributed by atoms with Crippen LogP contribution in [0.5, 0.6) is 5.75 Å². The number of aromatic nitrogens is 2. The molecule has 140 valence electrons. The quantitative estimate of drug-likeness (QED) is 0.592. The van der Waals surface area contributed by atoms with Crippen molar-refractivity contribution < 1.29 is 4.74 Å². The van der Waals surface area contributed by atoms with Crippen LogP contribution in [-0.2, 0) is 6.54 Å². The molecule has 1 aromatic heterocycles. The molecular weight excluding hydrogens is 336 g/mol. The zero-order valence-corrected chi connectivity index (χ0v) is 16.1. The lowest BCUT2D eigenvalue weighted by Crippen LogP contribution is -2.15. The van der Waals surface area contributed by atoms with Gasteiger partial charge in [-0.05, 0) is 19.4 Å². The summed E-state index contributed by atoms with van der Waals surface area (Å²) in [4.78, 5) is 9.40. The van der Waals surface area contributed by atoms with E-state index < -0.39 is 0 Å². The van der Waals surface area contributed by atoms with E-state index in [1.165, 1.54) is 0 Å². The van der Waals surface area contributed by atoms with Crippen LogP contribution in [0.25, 0.3) is 11.4 Å². The topological polar surface area (TPSA) is 59.1 Å². The molecule has 2 aromatic carbocycles. The molecule has 0 amide bonds. The summed E-state index contributed by atoms with van der Waals surface area (Å²) < 4.78 is 5.43. The van der Waals surface area contributed by atoms with Gasteiger partial charge in [-0.3, -0.25) is 0 Å². The van der Waals surface area contributed by atoms with Crippen LogP contribution in [0, 0.1) is 0 Å². The van der Waals surface area contributed by atoms with Gasteiger partial charge in [-0.1, -0.05) is 55.5 Å². The van der Waals surface area contributed by atoms with E-state index in [0.717, 1.165) is 34.9 Å². The number of methoxy groups -OCH3 is 1. The van der Waals surface area contributed by atoms with E-state index in [1.54, 1.807) is 7.11 Å². The van der Waals surface area contributed by atoms with E-state index in [4.69, 9.17) is 14.7 Å². The van der Waals surface area contributed by atoms with Crippen molar-refractivity contribution in [3.05, 3.63) is 66.2 Å². The Bertz CT molecular complexity index is 867. The zero-order chi connectivity index (χ0) is 19.1. The van der Waals surface area contributed by atoms with Crippen LogP contribution in [0.4, 0.5) is 11.6 Å². The van der Waals surface area contributed by atoms with Crippen molar-refractivity contribution in [2.45, 2.75) is 32.9 Å². The maximum absolute atomic E-state index is 5.43. The Morgan fingerprint density at radius 3 is 2.41 bits per heavy atom. The second-order valence-corrected chi connectivity index (χ2v) is 6.45. The molecule has 0 saturated heterocycles. The number of hydrogen-bond donors (Lipinski definition) is 2. The third-order valence-electron chi connectivity index (χ3n) is 4.42. The first kappa shape index (κ1) is 18.7. The third kappa shape index (κ3) is 4.97. The number of para-hydroxylation sites is 1. The fraction of sp³-hybridized carbons (Fsp3) is 0.273. The summed E-state index contributed by atoms with van der Waals surface area (Å²) in [5, 5.41) is 6.85. The summed E-state index contributed by atoms with van der Waals surface area (Å²) in [5.74, 6) is 3.16.